The molecule has 0 radical (unpaired) electrons. The van der Waals surface area contributed by atoms with E-state index in [1.54, 1.807) is 0 Å². The first-order chi connectivity index (χ1) is 11.2. The highest BCUT2D eigenvalue weighted by Gasteiger charge is 2.17. The lowest BCUT2D eigenvalue weighted by molar-refractivity contribution is 0.0518. The second-order valence-corrected chi connectivity index (χ2v) is 5.00. The highest BCUT2D eigenvalue weighted by Crippen LogP contribution is 2.27. The van der Waals surface area contributed by atoms with E-state index in [2.05, 4.69) is 5.16 Å². The maximum Gasteiger partial charge on any atom is 0.358 e. The van der Waals surface area contributed by atoms with Crippen molar-refractivity contribution < 1.29 is 19.2 Å². The summed E-state index contributed by atoms with van der Waals surface area (Å²) >= 11 is 0. The van der Waals surface area contributed by atoms with E-state index in [-0.39, 0.29) is 18.4 Å². The van der Waals surface area contributed by atoms with Gasteiger partial charge in [-0.2, -0.15) is 0 Å². The lowest BCUT2D eigenvalue weighted by atomic mass is 10.0. The van der Waals surface area contributed by atoms with Gasteiger partial charge in [0.25, 0.3) is 0 Å². The zero-order valence-electron chi connectivity index (χ0n) is 12.3. The van der Waals surface area contributed by atoms with Crippen LogP contribution in [0.5, 0.6) is 0 Å². The Hall–Kier alpha value is -2.92. The van der Waals surface area contributed by atoms with E-state index in [9.17, 15) is 4.79 Å². The summed E-state index contributed by atoms with van der Waals surface area (Å²) in [6.45, 7) is 0.134. The first-order valence-corrected chi connectivity index (χ1v) is 7.14. The van der Waals surface area contributed by atoms with Crippen molar-refractivity contribution in [1.82, 2.24) is 5.16 Å². The monoisotopic (exact) mass is 309 g/mol. The molecule has 0 atom stereocenters. The van der Waals surface area contributed by atoms with Gasteiger partial charge in [0.15, 0.2) is 11.5 Å². The maximum atomic E-state index is 10.8. The average Bonchev–Trinajstić information content (AvgIpc) is 3.06. The first-order valence-electron chi connectivity index (χ1n) is 7.14. The van der Waals surface area contributed by atoms with Crippen molar-refractivity contribution in [1.29, 1.82) is 0 Å². The van der Waals surface area contributed by atoms with Gasteiger partial charge in [-0.3, -0.25) is 0 Å². The standard InChI is InChI=1S/C18H15NO4/c20-18(21)16-11-15(23-19-16)12-22-17(13-7-3-1-4-8-13)14-9-5-2-6-10-14/h1-11,17H,12H2,(H,20,21). The topological polar surface area (TPSA) is 72.6 Å². The van der Waals surface area contributed by atoms with Gasteiger partial charge in [-0.1, -0.05) is 65.8 Å². The largest absolute Gasteiger partial charge is 0.476 e. The van der Waals surface area contributed by atoms with E-state index in [1.807, 2.05) is 60.7 Å². The van der Waals surface area contributed by atoms with Crippen LogP contribution in [-0.2, 0) is 11.3 Å². The SMILES string of the molecule is O=C(O)c1cc(COC(c2ccccc2)c2ccccc2)on1. The quantitative estimate of drug-likeness (QED) is 0.752. The van der Waals surface area contributed by atoms with Crippen LogP contribution in [0, 0.1) is 0 Å². The number of hydrogen-bond donors (Lipinski definition) is 1. The smallest absolute Gasteiger partial charge is 0.358 e. The number of carboxylic acids is 1. The molecule has 0 unspecified atom stereocenters. The van der Waals surface area contributed by atoms with Gasteiger partial charge in [-0.05, 0) is 11.1 Å². The minimum absolute atomic E-state index is 0.125. The van der Waals surface area contributed by atoms with Crippen LogP contribution >= 0.6 is 0 Å². The predicted octanol–water partition coefficient (Wildman–Crippen LogP) is 3.68. The third-order valence-electron chi connectivity index (χ3n) is 3.37. The second kappa shape index (κ2) is 6.89. The van der Waals surface area contributed by atoms with Gasteiger partial charge in [0.1, 0.15) is 12.7 Å². The Morgan fingerprint density at radius 2 is 1.61 bits per heavy atom. The number of ether oxygens (including phenoxy) is 1. The number of carboxylic acid groups (broad SMARTS) is 1. The Balaban J connectivity index is 1.80. The molecule has 3 aromatic rings. The molecule has 0 bridgehead atoms. The minimum Gasteiger partial charge on any atom is -0.476 e. The summed E-state index contributed by atoms with van der Waals surface area (Å²) in [5.41, 5.74) is 1.90. The minimum atomic E-state index is -1.12. The van der Waals surface area contributed by atoms with Crippen molar-refractivity contribution in [3.8, 4) is 0 Å². The summed E-state index contributed by atoms with van der Waals surface area (Å²) in [5.74, 6) is -0.748. The van der Waals surface area contributed by atoms with Crippen molar-refractivity contribution in [3.05, 3.63) is 89.3 Å². The number of aromatic carboxylic acids is 1. The first kappa shape index (κ1) is 15.0. The average molecular weight is 309 g/mol. The van der Waals surface area contributed by atoms with Gasteiger partial charge < -0.3 is 14.4 Å². The van der Waals surface area contributed by atoms with E-state index < -0.39 is 5.97 Å². The second-order valence-electron chi connectivity index (χ2n) is 5.00. The van der Waals surface area contributed by atoms with Crippen molar-refractivity contribution in [3.63, 3.8) is 0 Å². The van der Waals surface area contributed by atoms with Crippen molar-refractivity contribution in [2.75, 3.05) is 0 Å². The van der Waals surface area contributed by atoms with Gasteiger partial charge >= 0.3 is 5.97 Å². The third kappa shape index (κ3) is 3.64. The summed E-state index contributed by atoms with van der Waals surface area (Å²) in [6, 6.07) is 21.0. The molecule has 0 fully saturated rings. The van der Waals surface area contributed by atoms with Crippen LogP contribution in [0.25, 0.3) is 0 Å². The van der Waals surface area contributed by atoms with E-state index in [1.165, 1.54) is 6.07 Å². The lowest BCUT2D eigenvalue weighted by Gasteiger charge is -2.18. The molecule has 116 valence electrons. The molecule has 23 heavy (non-hydrogen) atoms. The summed E-state index contributed by atoms with van der Waals surface area (Å²) < 4.78 is 11.0. The van der Waals surface area contributed by atoms with E-state index in [0.717, 1.165) is 11.1 Å². The van der Waals surface area contributed by atoms with E-state index >= 15 is 0 Å². The van der Waals surface area contributed by atoms with E-state index in [4.69, 9.17) is 14.4 Å². The molecule has 5 nitrogen and oxygen atoms in total. The molecule has 1 aromatic heterocycles. The van der Waals surface area contributed by atoms with Gasteiger partial charge in [-0.15, -0.1) is 0 Å². The van der Waals surface area contributed by atoms with Crippen LogP contribution in [0.15, 0.2) is 71.3 Å². The fourth-order valence-corrected chi connectivity index (χ4v) is 2.29. The molecular weight excluding hydrogens is 294 g/mol. The Labute approximate surface area is 133 Å². The summed E-state index contributed by atoms with van der Waals surface area (Å²) in [7, 11) is 0. The molecule has 2 aromatic carbocycles. The number of benzene rings is 2. The summed E-state index contributed by atoms with van der Waals surface area (Å²) in [6.07, 6.45) is -0.268. The number of rotatable bonds is 6. The number of aromatic nitrogens is 1. The molecule has 0 amide bonds. The highest BCUT2D eigenvalue weighted by atomic mass is 16.5. The molecule has 0 aliphatic carbocycles. The van der Waals surface area contributed by atoms with E-state index in [0.29, 0.717) is 5.76 Å². The zero-order valence-corrected chi connectivity index (χ0v) is 12.3. The Morgan fingerprint density at radius 3 is 2.09 bits per heavy atom. The zero-order chi connectivity index (χ0) is 16.1. The molecule has 0 saturated carbocycles. The maximum absolute atomic E-state index is 10.8. The van der Waals surface area contributed by atoms with Gasteiger partial charge in [0, 0.05) is 6.07 Å². The van der Waals surface area contributed by atoms with Gasteiger partial charge in [0.05, 0.1) is 0 Å². The van der Waals surface area contributed by atoms with Crippen LogP contribution in [0.4, 0.5) is 0 Å². The summed E-state index contributed by atoms with van der Waals surface area (Å²) in [4.78, 5) is 10.8. The summed E-state index contributed by atoms with van der Waals surface area (Å²) in [5, 5.41) is 12.4. The van der Waals surface area contributed by atoms with Crippen molar-refractivity contribution >= 4 is 5.97 Å². The third-order valence-corrected chi connectivity index (χ3v) is 3.37. The Bertz CT molecular complexity index is 728. The van der Waals surface area contributed by atoms with Crippen molar-refractivity contribution in [2.45, 2.75) is 12.7 Å². The van der Waals surface area contributed by atoms with Crippen LogP contribution in [-0.4, -0.2) is 16.2 Å². The van der Waals surface area contributed by atoms with Gasteiger partial charge in [0.2, 0.25) is 0 Å². The normalized spacial score (nSPS) is 10.8. The number of hydrogen-bond acceptors (Lipinski definition) is 4. The van der Waals surface area contributed by atoms with Crippen LogP contribution in [0.3, 0.4) is 0 Å². The van der Waals surface area contributed by atoms with Crippen LogP contribution < -0.4 is 0 Å². The molecule has 0 spiro atoms. The Morgan fingerprint density at radius 1 is 1.04 bits per heavy atom. The van der Waals surface area contributed by atoms with Crippen LogP contribution in [0.2, 0.25) is 0 Å². The van der Waals surface area contributed by atoms with Crippen molar-refractivity contribution in [2.24, 2.45) is 0 Å². The molecule has 1 heterocycles. The fourth-order valence-electron chi connectivity index (χ4n) is 2.29. The highest BCUT2D eigenvalue weighted by molar-refractivity contribution is 5.85. The lowest BCUT2D eigenvalue weighted by Crippen LogP contribution is -2.06. The molecule has 0 aliphatic heterocycles. The van der Waals surface area contributed by atoms with Crippen LogP contribution in [0.1, 0.15) is 33.5 Å². The molecule has 0 saturated heterocycles. The molecule has 1 N–H and O–H groups in total. The number of nitrogens with zero attached hydrogens (tertiary/aromatic N) is 1. The Kier molecular flexibility index (Phi) is 4.49. The predicted molar refractivity (Wildman–Crippen MR) is 83.0 cm³/mol. The fraction of sp³-hybridized carbons (Fsp3) is 0.111. The molecule has 3 rings (SSSR count). The molecule has 0 aliphatic rings. The molecule has 5 heteroatoms. The van der Waals surface area contributed by atoms with Gasteiger partial charge in [-0.25, -0.2) is 4.79 Å². The molecular formula is C18H15NO4. The number of carbonyl (C=O) groups is 1.